The highest BCUT2D eigenvalue weighted by Gasteiger charge is 2.22. The lowest BCUT2D eigenvalue weighted by molar-refractivity contribution is -0.660. The van der Waals surface area contributed by atoms with Crippen molar-refractivity contribution in [3.8, 4) is 17.3 Å². The number of aromatic nitrogens is 1. The number of rotatable bonds is 3. The molecule has 0 spiro atoms. The molecule has 0 aliphatic carbocycles. The van der Waals surface area contributed by atoms with Crippen LogP contribution in [0.3, 0.4) is 0 Å². The summed E-state index contributed by atoms with van der Waals surface area (Å²) >= 11 is 0. The van der Waals surface area contributed by atoms with Crippen LogP contribution in [0, 0.1) is 31.1 Å². The third kappa shape index (κ3) is 2.86. The number of aryl methyl sites for hydroxylation is 2. The number of pyridine rings is 1. The Morgan fingerprint density at radius 1 is 1.18 bits per heavy atom. The molecule has 4 aromatic rings. The van der Waals surface area contributed by atoms with Gasteiger partial charge in [0.1, 0.15) is 25.7 Å². The molecule has 0 fully saturated rings. The van der Waals surface area contributed by atoms with Gasteiger partial charge in [0.15, 0.2) is 6.17 Å². The normalized spacial score (nSPS) is 13.5. The van der Waals surface area contributed by atoms with Crippen molar-refractivity contribution in [2.45, 2.75) is 34.1 Å². The molecule has 2 aromatic heterocycles. The molecule has 0 radical (unpaired) electrons. The maximum atomic E-state index is 9.73. The first kappa shape index (κ1) is 14.9. The number of hydrogen-bond donors (Lipinski definition) is 0. The van der Waals surface area contributed by atoms with E-state index in [0.717, 1.165) is 27.5 Å². The highest BCUT2D eigenvalue weighted by atomic mass is 16.3. The number of benzene rings is 2. The van der Waals surface area contributed by atoms with E-state index in [1.807, 2.05) is 58.0 Å². The molecule has 2 aromatic carbocycles. The Hall–Kier alpha value is -3.12. The standard InChI is InChI=1S/C25H25N2O/c1-15(2)12-18-10-11-27(5)21(13-18)23-17(4)6-8-19-24-20(14-26)16(3)7-9-22(24)28-25(19)23/h6-11,13,15H,12H2,1-5H3/q+1/i11D,12D2. The average Bonchev–Trinajstić information content (AvgIpc) is 3.08. The van der Waals surface area contributed by atoms with Gasteiger partial charge in [0, 0.05) is 25.6 Å². The van der Waals surface area contributed by atoms with E-state index in [0.29, 0.717) is 28.0 Å². The maximum Gasteiger partial charge on any atom is 0.216 e. The van der Waals surface area contributed by atoms with Crippen LogP contribution >= 0.6 is 0 Å². The van der Waals surface area contributed by atoms with Crippen molar-refractivity contribution < 1.29 is 13.1 Å². The zero-order valence-electron chi connectivity index (χ0n) is 19.8. The smallest absolute Gasteiger partial charge is 0.216 e. The Bertz CT molecular complexity index is 1390. The number of hydrogen-bond acceptors (Lipinski definition) is 2. The quantitative estimate of drug-likeness (QED) is 0.429. The lowest BCUT2D eigenvalue weighted by Crippen LogP contribution is -2.31. The molecule has 3 nitrogen and oxygen atoms in total. The van der Waals surface area contributed by atoms with E-state index in [4.69, 9.17) is 8.53 Å². The third-order valence-corrected chi connectivity index (χ3v) is 5.11. The summed E-state index contributed by atoms with van der Waals surface area (Å²) in [6.07, 6.45) is -1.35. The molecule has 0 atom stereocenters. The summed E-state index contributed by atoms with van der Waals surface area (Å²) in [6.45, 7) is 7.57. The average molecular weight is 373 g/mol. The lowest BCUT2D eigenvalue weighted by Gasteiger charge is -2.09. The molecular formula is C25H25N2O+. The van der Waals surface area contributed by atoms with Gasteiger partial charge in [0.05, 0.1) is 11.1 Å². The van der Waals surface area contributed by atoms with Gasteiger partial charge in [-0.2, -0.15) is 5.26 Å². The van der Waals surface area contributed by atoms with E-state index in [9.17, 15) is 5.26 Å². The summed E-state index contributed by atoms with van der Waals surface area (Å²) < 4.78 is 33.6. The van der Waals surface area contributed by atoms with Gasteiger partial charge in [-0.15, -0.1) is 0 Å². The van der Waals surface area contributed by atoms with Gasteiger partial charge >= 0.3 is 0 Å². The zero-order chi connectivity index (χ0) is 22.7. The number of nitrogens with zero attached hydrogens (tertiary/aromatic N) is 2. The van der Waals surface area contributed by atoms with E-state index in [1.54, 1.807) is 17.7 Å². The third-order valence-electron chi connectivity index (χ3n) is 5.11. The molecule has 4 rings (SSSR count). The van der Waals surface area contributed by atoms with Gasteiger partial charge in [0.25, 0.3) is 0 Å². The van der Waals surface area contributed by atoms with Crippen molar-refractivity contribution >= 4 is 21.9 Å². The maximum absolute atomic E-state index is 9.73. The summed E-state index contributed by atoms with van der Waals surface area (Å²) in [5.74, 6) is -0.239. The highest BCUT2D eigenvalue weighted by Crippen LogP contribution is 2.39. The van der Waals surface area contributed by atoms with Crippen LogP contribution in [-0.2, 0) is 13.4 Å². The Balaban J connectivity index is 2.13. The van der Waals surface area contributed by atoms with E-state index < -0.39 is 6.37 Å². The lowest BCUT2D eigenvalue weighted by atomic mass is 9.96. The number of nitriles is 1. The van der Waals surface area contributed by atoms with E-state index in [2.05, 4.69) is 6.07 Å². The van der Waals surface area contributed by atoms with Crippen LogP contribution in [-0.4, -0.2) is 0 Å². The molecule has 0 aliphatic rings. The summed E-state index contributed by atoms with van der Waals surface area (Å²) in [6, 6.07) is 13.5. The minimum Gasteiger partial charge on any atom is -0.455 e. The fourth-order valence-electron chi connectivity index (χ4n) is 3.77. The summed E-state index contributed by atoms with van der Waals surface area (Å²) in [4.78, 5) is 0. The van der Waals surface area contributed by atoms with Crippen molar-refractivity contribution in [1.29, 1.82) is 5.26 Å². The summed E-state index contributed by atoms with van der Waals surface area (Å²) in [5, 5.41) is 11.4. The second-order valence-electron chi connectivity index (χ2n) is 7.60. The molecule has 140 valence electrons. The fourth-order valence-corrected chi connectivity index (χ4v) is 3.77. The van der Waals surface area contributed by atoms with Crippen LogP contribution in [0.15, 0.2) is 47.0 Å². The van der Waals surface area contributed by atoms with Crippen molar-refractivity contribution in [3.63, 3.8) is 0 Å². The van der Waals surface area contributed by atoms with Crippen molar-refractivity contribution in [3.05, 3.63) is 64.8 Å². The van der Waals surface area contributed by atoms with Gasteiger partial charge in [0.2, 0.25) is 5.69 Å². The van der Waals surface area contributed by atoms with Crippen LogP contribution in [0.2, 0.25) is 0 Å². The van der Waals surface area contributed by atoms with Gasteiger partial charge < -0.3 is 4.42 Å². The van der Waals surface area contributed by atoms with Crippen LogP contribution in [0.4, 0.5) is 0 Å². The van der Waals surface area contributed by atoms with Crippen LogP contribution in [0.1, 0.15) is 40.2 Å². The molecular weight excluding hydrogens is 344 g/mol. The molecule has 28 heavy (non-hydrogen) atoms. The van der Waals surface area contributed by atoms with Crippen molar-refractivity contribution in [2.75, 3.05) is 0 Å². The molecule has 0 saturated carbocycles. The Kier molecular flexibility index (Phi) is 3.61. The second-order valence-corrected chi connectivity index (χ2v) is 7.60. The molecule has 3 heteroatoms. The molecule has 0 saturated heterocycles. The van der Waals surface area contributed by atoms with Crippen molar-refractivity contribution in [1.82, 2.24) is 0 Å². The van der Waals surface area contributed by atoms with Crippen LogP contribution < -0.4 is 4.57 Å². The minimum absolute atomic E-state index is 0.220. The van der Waals surface area contributed by atoms with Gasteiger partial charge in [-0.3, -0.25) is 0 Å². The molecule has 0 aliphatic heterocycles. The van der Waals surface area contributed by atoms with Crippen LogP contribution in [0.25, 0.3) is 33.2 Å². The highest BCUT2D eigenvalue weighted by molar-refractivity contribution is 6.12. The Morgan fingerprint density at radius 2 is 1.93 bits per heavy atom. The predicted octanol–water partition coefficient (Wildman–Crippen LogP) is 5.76. The minimum atomic E-state index is -1.57. The first-order chi connectivity index (χ1) is 14.6. The first-order valence-electron chi connectivity index (χ1n) is 10.9. The van der Waals surface area contributed by atoms with Crippen molar-refractivity contribution in [2.24, 2.45) is 13.0 Å². The molecule has 0 unspecified atom stereocenters. The Labute approximate surface area is 170 Å². The zero-order valence-corrected chi connectivity index (χ0v) is 16.8. The van der Waals surface area contributed by atoms with E-state index >= 15 is 0 Å². The van der Waals surface area contributed by atoms with Gasteiger partial charge in [-0.25, -0.2) is 4.57 Å². The molecule has 0 amide bonds. The topological polar surface area (TPSA) is 40.8 Å². The number of furan rings is 1. The predicted molar refractivity (Wildman–Crippen MR) is 113 cm³/mol. The monoisotopic (exact) mass is 372 g/mol. The molecule has 2 heterocycles. The SMILES string of the molecule is [2H]c1cc(C([2H])([2H])C(C)C)cc(-c2c(C)ccc3c2oc2ccc(C)c(C#N)c23)[n+]1C. The summed E-state index contributed by atoms with van der Waals surface area (Å²) in [5.41, 5.74) is 5.74. The summed E-state index contributed by atoms with van der Waals surface area (Å²) in [7, 11) is 1.80. The molecule has 0 N–H and O–H groups in total. The largest absolute Gasteiger partial charge is 0.455 e. The number of fused-ring (bicyclic) bond motifs is 3. The Morgan fingerprint density at radius 3 is 2.64 bits per heavy atom. The molecule has 0 bridgehead atoms. The fraction of sp³-hybridized carbons (Fsp3) is 0.280. The van der Waals surface area contributed by atoms with Gasteiger partial charge in [-0.1, -0.05) is 32.0 Å². The second kappa shape index (κ2) is 6.80. The van der Waals surface area contributed by atoms with E-state index in [-0.39, 0.29) is 12.1 Å². The van der Waals surface area contributed by atoms with Crippen LogP contribution in [0.5, 0.6) is 0 Å². The van der Waals surface area contributed by atoms with Gasteiger partial charge in [-0.05, 0) is 48.9 Å². The van der Waals surface area contributed by atoms with E-state index in [1.165, 1.54) is 0 Å². The first-order valence-corrected chi connectivity index (χ1v) is 9.45.